The fourth-order valence-electron chi connectivity index (χ4n) is 2.07. The largest absolute Gasteiger partial charge is 0.298 e. The molecule has 1 aromatic heterocycles. The Hall–Kier alpha value is -2.35. The van der Waals surface area contributed by atoms with Crippen molar-refractivity contribution >= 4 is 22.1 Å². The second kappa shape index (κ2) is 7.04. The Morgan fingerprint density at radius 2 is 1.83 bits per heavy atom. The maximum Gasteiger partial charge on any atom is 0.233 e. The molecule has 0 aliphatic rings. The Morgan fingerprint density at radius 1 is 1.21 bits per heavy atom. The summed E-state index contributed by atoms with van der Waals surface area (Å²) in [5.41, 5.74) is 1.05. The number of anilines is 1. The van der Waals surface area contributed by atoms with E-state index in [-0.39, 0.29) is 28.9 Å². The Morgan fingerprint density at radius 3 is 2.33 bits per heavy atom. The predicted octanol–water partition coefficient (Wildman–Crippen LogP) is 2.98. The normalized spacial score (nSPS) is 11.5. The first-order valence-corrected chi connectivity index (χ1v) is 9.06. The monoisotopic (exact) mass is 351 g/mol. The van der Waals surface area contributed by atoms with E-state index in [1.807, 2.05) is 13.8 Å². The fraction of sp³-hybridized carbons (Fsp3) is 0.312. The lowest BCUT2D eigenvalue weighted by molar-refractivity contribution is 0.112. The summed E-state index contributed by atoms with van der Waals surface area (Å²) in [6.07, 6.45) is 0.539. The fourth-order valence-corrected chi connectivity index (χ4v) is 2.66. The van der Waals surface area contributed by atoms with Crippen LogP contribution in [0.2, 0.25) is 0 Å². The van der Waals surface area contributed by atoms with E-state index in [1.54, 1.807) is 0 Å². The van der Waals surface area contributed by atoms with E-state index < -0.39 is 15.8 Å². The Kier molecular flexibility index (Phi) is 5.28. The molecule has 6 nitrogen and oxygen atoms in total. The van der Waals surface area contributed by atoms with Gasteiger partial charge in [-0.2, -0.15) is 0 Å². The Bertz CT molecular complexity index is 850. The summed E-state index contributed by atoms with van der Waals surface area (Å²) in [5, 5.41) is 0. The van der Waals surface area contributed by atoms with Crippen molar-refractivity contribution in [2.24, 2.45) is 0 Å². The zero-order valence-corrected chi connectivity index (χ0v) is 14.4. The smallest absolute Gasteiger partial charge is 0.233 e. The molecule has 0 saturated heterocycles. The van der Waals surface area contributed by atoms with Crippen molar-refractivity contribution in [3.63, 3.8) is 0 Å². The van der Waals surface area contributed by atoms with Crippen LogP contribution in [-0.2, 0) is 10.0 Å². The molecule has 0 spiro atoms. The van der Waals surface area contributed by atoms with Crippen LogP contribution in [0.4, 0.5) is 10.2 Å². The maximum atomic E-state index is 13.1. The van der Waals surface area contributed by atoms with Crippen LogP contribution in [0.1, 0.15) is 42.7 Å². The lowest BCUT2D eigenvalue weighted by Crippen LogP contribution is -2.19. The Labute approximate surface area is 140 Å². The number of benzene rings is 1. The van der Waals surface area contributed by atoms with Crippen molar-refractivity contribution in [1.29, 1.82) is 0 Å². The molecule has 1 N–H and O–H groups in total. The third-order valence-corrected chi connectivity index (χ3v) is 4.64. The van der Waals surface area contributed by atoms with Crippen molar-refractivity contribution in [2.75, 3.05) is 10.5 Å². The van der Waals surface area contributed by atoms with Gasteiger partial charge in [-0.25, -0.2) is 22.8 Å². The van der Waals surface area contributed by atoms with Gasteiger partial charge >= 0.3 is 0 Å². The van der Waals surface area contributed by atoms with Crippen molar-refractivity contribution < 1.29 is 17.6 Å². The van der Waals surface area contributed by atoms with Crippen LogP contribution in [0.3, 0.4) is 0 Å². The molecule has 0 saturated carbocycles. The molecule has 24 heavy (non-hydrogen) atoms. The third-order valence-electron chi connectivity index (χ3n) is 3.37. The summed E-state index contributed by atoms with van der Waals surface area (Å²) >= 11 is 0. The van der Waals surface area contributed by atoms with Gasteiger partial charge in [0.2, 0.25) is 10.0 Å². The average molecular weight is 351 g/mol. The molecule has 128 valence electrons. The topological polar surface area (TPSA) is 89.0 Å². The van der Waals surface area contributed by atoms with E-state index in [0.717, 1.165) is 0 Å². The van der Waals surface area contributed by atoms with Crippen LogP contribution in [0.15, 0.2) is 24.3 Å². The molecule has 0 atom stereocenters. The molecule has 0 amide bonds. The first-order valence-electron chi connectivity index (χ1n) is 7.41. The summed E-state index contributed by atoms with van der Waals surface area (Å²) in [6, 6.07) is 5.51. The number of halogens is 1. The van der Waals surface area contributed by atoms with Gasteiger partial charge in [0, 0.05) is 5.56 Å². The van der Waals surface area contributed by atoms with E-state index in [0.29, 0.717) is 17.5 Å². The standard InChI is InChI=1S/C16H18FN3O3S/c1-4-24(22,23)20-16-13(9-21)14(10(2)3)18-15(19-16)11-5-7-12(17)8-6-11/h5-10H,4H2,1-3H3,(H,18,19,20). The lowest BCUT2D eigenvalue weighted by Gasteiger charge is -2.15. The minimum absolute atomic E-state index is 0.0649. The molecule has 0 unspecified atom stereocenters. The molecule has 8 heteroatoms. The van der Waals surface area contributed by atoms with Gasteiger partial charge in [-0.1, -0.05) is 13.8 Å². The predicted molar refractivity (Wildman–Crippen MR) is 90.0 cm³/mol. The van der Waals surface area contributed by atoms with Crippen LogP contribution >= 0.6 is 0 Å². The summed E-state index contributed by atoms with van der Waals surface area (Å²) in [5.74, 6) is -0.530. The molecule has 2 aromatic rings. The highest BCUT2D eigenvalue weighted by molar-refractivity contribution is 7.92. The first-order chi connectivity index (χ1) is 11.3. The second-order valence-corrected chi connectivity index (χ2v) is 7.49. The van der Waals surface area contributed by atoms with Crippen molar-refractivity contribution in [2.45, 2.75) is 26.7 Å². The molecule has 0 aliphatic carbocycles. The van der Waals surface area contributed by atoms with Gasteiger partial charge in [0.25, 0.3) is 0 Å². The molecule has 1 heterocycles. The minimum Gasteiger partial charge on any atom is -0.298 e. The number of carbonyl (C=O) groups is 1. The number of nitrogens with one attached hydrogen (secondary N) is 1. The zero-order valence-electron chi connectivity index (χ0n) is 13.6. The van der Waals surface area contributed by atoms with E-state index in [2.05, 4.69) is 14.7 Å². The lowest BCUT2D eigenvalue weighted by atomic mass is 10.0. The summed E-state index contributed by atoms with van der Waals surface area (Å²) in [6.45, 7) is 5.15. The van der Waals surface area contributed by atoms with Gasteiger partial charge in [-0.05, 0) is 37.1 Å². The van der Waals surface area contributed by atoms with Gasteiger partial charge in [0.05, 0.1) is 17.0 Å². The average Bonchev–Trinajstić information content (AvgIpc) is 2.54. The zero-order chi connectivity index (χ0) is 17.9. The quantitative estimate of drug-likeness (QED) is 0.808. The second-order valence-electron chi connectivity index (χ2n) is 5.48. The van der Waals surface area contributed by atoms with Crippen LogP contribution in [0.5, 0.6) is 0 Å². The van der Waals surface area contributed by atoms with E-state index in [9.17, 15) is 17.6 Å². The Balaban J connectivity index is 2.67. The first kappa shape index (κ1) is 18.0. The van der Waals surface area contributed by atoms with E-state index in [1.165, 1.54) is 31.2 Å². The van der Waals surface area contributed by atoms with Crippen LogP contribution in [-0.4, -0.2) is 30.4 Å². The van der Waals surface area contributed by atoms with Gasteiger partial charge in [0.1, 0.15) is 5.82 Å². The molecule has 1 aromatic carbocycles. The summed E-state index contributed by atoms with van der Waals surface area (Å²) in [4.78, 5) is 20.0. The van der Waals surface area contributed by atoms with Crippen molar-refractivity contribution in [3.05, 3.63) is 41.3 Å². The molecule has 0 fully saturated rings. The molecule has 0 bridgehead atoms. The minimum atomic E-state index is -3.61. The number of hydrogen-bond donors (Lipinski definition) is 1. The summed E-state index contributed by atoms with van der Waals surface area (Å²) < 4.78 is 39.2. The molecular weight excluding hydrogens is 333 g/mol. The highest BCUT2D eigenvalue weighted by Gasteiger charge is 2.20. The SMILES string of the molecule is CCS(=O)(=O)Nc1nc(-c2ccc(F)cc2)nc(C(C)C)c1C=O. The van der Waals surface area contributed by atoms with Crippen LogP contribution in [0, 0.1) is 5.82 Å². The number of carbonyl (C=O) groups excluding carboxylic acids is 1. The third kappa shape index (κ3) is 3.94. The van der Waals surface area contributed by atoms with E-state index in [4.69, 9.17) is 0 Å². The van der Waals surface area contributed by atoms with Gasteiger partial charge < -0.3 is 0 Å². The van der Waals surface area contributed by atoms with Crippen LogP contribution < -0.4 is 4.72 Å². The van der Waals surface area contributed by atoms with Crippen molar-refractivity contribution in [1.82, 2.24) is 9.97 Å². The number of nitrogens with zero attached hydrogens (tertiary/aromatic N) is 2. The number of aldehydes is 1. The van der Waals surface area contributed by atoms with Gasteiger partial charge in [-0.15, -0.1) is 0 Å². The highest BCUT2D eigenvalue weighted by Crippen LogP contribution is 2.26. The number of rotatable bonds is 6. The number of hydrogen-bond acceptors (Lipinski definition) is 5. The molecule has 0 aliphatic heterocycles. The summed E-state index contributed by atoms with van der Waals surface area (Å²) in [7, 11) is -3.61. The highest BCUT2D eigenvalue weighted by atomic mass is 32.2. The molecule has 0 radical (unpaired) electrons. The van der Waals surface area contributed by atoms with Crippen LogP contribution in [0.25, 0.3) is 11.4 Å². The van der Waals surface area contributed by atoms with Gasteiger partial charge in [0.15, 0.2) is 17.9 Å². The number of aromatic nitrogens is 2. The molecular formula is C16H18FN3O3S. The van der Waals surface area contributed by atoms with Gasteiger partial charge in [-0.3, -0.25) is 9.52 Å². The maximum absolute atomic E-state index is 13.1. The van der Waals surface area contributed by atoms with Crippen molar-refractivity contribution in [3.8, 4) is 11.4 Å². The molecule has 2 rings (SSSR count). The van der Waals surface area contributed by atoms with E-state index >= 15 is 0 Å². The number of sulfonamides is 1.